The summed E-state index contributed by atoms with van der Waals surface area (Å²) in [6.45, 7) is 3.15. The molecule has 14 heavy (non-hydrogen) atoms. The molecule has 0 aromatic heterocycles. The molecule has 0 saturated heterocycles. The highest BCUT2D eigenvalue weighted by Gasteiger charge is 2.18. The van der Waals surface area contributed by atoms with E-state index >= 15 is 0 Å². The SMILES string of the molecule is CCC/C(=C(\C=C\F)C(C)O)[N+](=O)[O-]. The van der Waals surface area contributed by atoms with Crippen molar-refractivity contribution in [1.29, 1.82) is 0 Å². The molecule has 0 radical (unpaired) electrons. The standard InChI is InChI=1S/C9H14FNO3/c1-3-4-9(11(13)14)8(5-6-10)7(2)12/h5-7,12H,3-4H2,1-2H3/b6-5+,9-8-. The molecule has 0 rings (SSSR count). The summed E-state index contributed by atoms with van der Waals surface area (Å²) in [6.07, 6.45) is 0.887. The highest BCUT2D eigenvalue weighted by atomic mass is 19.1. The van der Waals surface area contributed by atoms with Crippen LogP contribution in [0.4, 0.5) is 4.39 Å². The number of allylic oxidation sites excluding steroid dienone is 1. The molecular formula is C9H14FNO3. The zero-order valence-electron chi connectivity index (χ0n) is 8.24. The molecule has 1 unspecified atom stereocenters. The first-order valence-corrected chi connectivity index (χ1v) is 4.36. The lowest BCUT2D eigenvalue weighted by Crippen LogP contribution is -2.11. The Balaban J connectivity index is 5.14. The lowest BCUT2D eigenvalue weighted by Gasteiger charge is -2.06. The molecule has 4 nitrogen and oxygen atoms in total. The van der Waals surface area contributed by atoms with Crippen LogP contribution >= 0.6 is 0 Å². The molecule has 0 spiro atoms. The molecule has 0 amide bonds. The predicted molar refractivity (Wildman–Crippen MR) is 50.9 cm³/mol. The predicted octanol–water partition coefficient (Wildman–Crippen LogP) is 2.18. The highest BCUT2D eigenvalue weighted by molar-refractivity contribution is 5.24. The highest BCUT2D eigenvalue weighted by Crippen LogP contribution is 2.16. The molecule has 0 bridgehead atoms. The van der Waals surface area contributed by atoms with E-state index in [4.69, 9.17) is 0 Å². The Kier molecular flexibility index (Phi) is 5.71. The van der Waals surface area contributed by atoms with Gasteiger partial charge in [0.25, 0.3) is 5.70 Å². The van der Waals surface area contributed by atoms with Gasteiger partial charge in [-0.15, -0.1) is 0 Å². The Hall–Kier alpha value is -1.23. The number of aliphatic hydroxyl groups is 1. The fourth-order valence-electron chi connectivity index (χ4n) is 1.12. The summed E-state index contributed by atoms with van der Waals surface area (Å²) in [4.78, 5) is 10.0. The van der Waals surface area contributed by atoms with E-state index in [-0.39, 0.29) is 24.0 Å². The second-order valence-electron chi connectivity index (χ2n) is 2.88. The summed E-state index contributed by atoms with van der Waals surface area (Å²) in [5.41, 5.74) is -0.101. The van der Waals surface area contributed by atoms with Crippen LogP contribution in [0.3, 0.4) is 0 Å². The molecule has 1 N–H and O–H groups in total. The molecule has 0 aromatic rings. The maximum absolute atomic E-state index is 11.9. The number of nitro groups is 1. The Bertz CT molecular complexity index is 259. The van der Waals surface area contributed by atoms with Crippen molar-refractivity contribution >= 4 is 0 Å². The number of hydrogen-bond donors (Lipinski definition) is 1. The first kappa shape index (κ1) is 12.8. The van der Waals surface area contributed by atoms with Crippen molar-refractivity contribution in [3.63, 3.8) is 0 Å². The van der Waals surface area contributed by atoms with Crippen molar-refractivity contribution in [3.8, 4) is 0 Å². The maximum atomic E-state index is 11.9. The van der Waals surface area contributed by atoms with Crippen LogP contribution in [-0.4, -0.2) is 16.1 Å². The molecule has 0 aliphatic rings. The monoisotopic (exact) mass is 203 g/mol. The Morgan fingerprint density at radius 2 is 2.29 bits per heavy atom. The van der Waals surface area contributed by atoms with E-state index in [1.807, 2.05) is 0 Å². The lowest BCUT2D eigenvalue weighted by molar-refractivity contribution is -0.429. The first-order valence-electron chi connectivity index (χ1n) is 4.36. The van der Waals surface area contributed by atoms with Gasteiger partial charge in [-0.3, -0.25) is 10.1 Å². The van der Waals surface area contributed by atoms with E-state index in [2.05, 4.69) is 0 Å². The molecule has 0 fully saturated rings. The minimum Gasteiger partial charge on any atom is -0.388 e. The summed E-state index contributed by atoms with van der Waals surface area (Å²) in [5, 5.41) is 19.8. The second-order valence-corrected chi connectivity index (χ2v) is 2.88. The Morgan fingerprint density at radius 3 is 2.57 bits per heavy atom. The molecule has 1 atom stereocenters. The number of aliphatic hydroxyl groups excluding tert-OH is 1. The Labute approximate surface area is 81.9 Å². The second kappa shape index (κ2) is 6.26. The number of halogens is 1. The summed E-state index contributed by atoms with van der Waals surface area (Å²) in [6, 6.07) is 0. The molecule has 0 saturated carbocycles. The van der Waals surface area contributed by atoms with Crippen LogP contribution in [0.25, 0.3) is 0 Å². The van der Waals surface area contributed by atoms with E-state index in [0.717, 1.165) is 6.08 Å². The van der Waals surface area contributed by atoms with E-state index in [0.29, 0.717) is 6.42 Å². The zero-order valence-corrected chi connectivity index (χ0v) is 8.24. The van der Waals surface area contributed by atoms with Gasteiger partial charge in [0, 0.05) is 6.42 Å². The van der Waals surface area contributed by atoms with Gasteiger partial charge < -0.3 is 5.11 Å². The van der Waals surface area contributed by atoms with E-state index in [1.165, 1.54) is 6.92 Å². The average Bonchev–Trinajstić information content (AvgIpc) is 2.10. The smallest absolute Gasteiger partial charge is 0.252 e. The summed E-state index contributed by atoms with van der Waals surface area (Å²) >= 11 is 0. The summed E-state index contributed by atoms with van der Waals surface area (Å²) < 4.78 is 11.9. The fourth-order valence-corrected chi connectivity index (χ4v) is 1.12. The van der Waals surface area contributed by atoms with Crippen molar-refractivity contribution < 1.29 is 14.4 Å². The third kappa shape index (κ3) is 3.66. The first-order chi connectivity index (χ1) is 6.54. The van der Waals surface area contributed by atoms with Crippen molar-refractivity contribution in [1.82, 2.24) is 0 Å². The maximum Gasteiger partial charge on any atom is 0.252 e. The third-order valence-corrected chi connectivity index (χ3v) is 1.73. The fraction of sp³-hybridized carbons (Fsp3) is 0.556. The van der Waals surface area contributed by atoms with E-state index in [9.17, 15) is 19.6 Å². The zero-order chi connectivity index (χ0) is 11.1. The van der Waals surface area contributed by atoms with Crippen molar-refractivity contribution in [2.45, 2.75) is 32.8 Å². The van der Waals surface area contributed by atoms with Crippen LogP contribution < -0.4 is 0 Å². The number of nitrogens with zero attached hydrogens (tertiary/aromatic N) is 1. The number of rotatable bonds is 5. The van der Waals surface area contributed by atoms with Crippen molar-refractivity contribution in [2.24, 2.45) is 0 Å². The van der Waals surface area contributed by atoms with Crippen LogP contribution in [0.5, 0.6) is 0 Å². The number of hydrogen-bond acceptors (Lipinski definition) is 3. The van der Waals surface area contributed by atoms with Gasteiger partial charge in [-0.25, -0.2) is 4.39 Å². The van der Waals surface area contributed by atoms with E-state index < -0.39 is 11.0 Å². The van der Waals surface area contributed by atoms with Gasteiger partial charge in [0.05, 0.1) is 22.9 Å². The average molecular weight is 203 g/mol. The van der Waals surface area contributed by atoms with Crippen LogP contribution in [-0.2, 0) is 0 Å². The summed E-state index contributed by atoms with van der Waals surface area (Å²) in [7, 11) is 0. The van der Waals surface area contributed by atoms with Crippen molar-refractivity contribution in [3.05, 3.63) is 33.8 Å². The molecule has 0 aliphatic carbocycles. The molecule has 0 aromatic carbocycles. The topological polar surface area (TPSA) is 63.4 Å². The van der Waals surface area contributed by atoms with Crippen molar-refractivity contribution in [2.75, 3.05) is 0 Å². The minimum absolute atomic E-state index is 0.0272. The normalized spacial score (nSPS) is 15.4. The van der Waals surface area contributed by atoms with Crippen LogP contribution in [0, 0.1) is 10.1 Å². The van der Waals surface area contributed by atoms with E-state index in [1.54, 1.807) is 6.92 Å². The quantitative estimate of drug-likeness (QED) is 0.423. The van der Waals surface area contributed by atoms with Crippen LogP contribution in [0.1, 0.15) is 26.7 Å². The van der Waals surface area contributed by atoms with Gasteiger partial charge in [0.1, 0.15) is 0 Å². The molecular weight excluding hydrogens is 189 g/mol. The van der Waals surface area contributed by atoms with Gasteiger partial charge in [0.15, 0.2) is 0 Å². The van der Waals surface area contributed by atoms with Gasteiger partial charge in [0.2, 0.25) is 0 Å². The molecule has 80 valence electrons. The van der Waals surface area contributed by atoms with Gasteiger partial charge in [-0.1, -0.05) is 6.92 Å². The Morgan fingerprint density at radius 1 is 1.71 bits per heavy atom. The largest absolute Gasteiger partial charge is 0.388 e. The van der Waals surface area contributed by atoms with Gasteiger partial charge in [-0.05, 0) is 19.4 Å². The van der Waals surface area contributed by atoms with Crippen LogP contribution in [0.2, 0.25) is 0 Å². The third-order valence-electron chi connectivity index (χ3n) is 1.73. The van der Waals surface area contributed by atoms with Gasteiger partial charge >= 0.3 is 0 Å². The molecule has 0 heterocycles. The molecule has 0 aliphatic heterocycles. The molecule has 5 heteroatoms. The summed E-state index contributed by atoms with van der Waals surface area (Å²) in [5.74, 6) is 0. The van der Waals surface area contributed by atoms with Gasteiger partial charge in [-0.2, -0.15) is 0 Å². The lowest BCUT2D eigenvalue weighted by atomic mass is 10.1. The minimum atomic E-state index is -1.03. The van der Waals surface area contributed by atoms with Crippen LogP contribution in [0.15, 0.2) is 23.7 Å².